The summed E-state index contributed by atoms with van der Waals surface area (Å²) in [6, 6.07) is 0. The molecule has 0 aliphatic rings. The Hall–Kier alpha value is -0.740. The summed E-state index contributed by atoms with van der Waals surface area (Å²) in [4.78, 5) is 3.96. The minimum atomic E-state index is -0.624. The monoisotopic (exact) mass is 199 g/mol. The van der Waals surface area contributed by atoms with Crippen LogP contribution in [0.4, 0.5) is 0 Å². The molecule has 0 radical (unpaired) electrons. The van der Waals surface area contributed by atoms with Gasteiger partial charge < -0.3 is 10.2 Å². The van der Waals surface area contributed by atoms with E-state index in [0.717, 1.165) is 0 Å². The van der Waals surface area contributed by atoms with Gasteiger partial charge in [0.25, 0.3) is 0 Å². The predicted molar refractivity (Wildman–Crippen MR) is 54.0 cm³/mol. The second-order valence-corrected chi connectivity index (χ2v) is 3.28. The third kappa shape index (κ3) is 1.95. The Labute approximate surface area is 82.9 Å². The first-order valence-corrected chi connectivity index (χ1v) is 4.67. The van der Waals surface area contributed by atoms with E-state index in [2.05, 4.69) is 17.6 Å². The van der Waals surface area contributed by atoms with Crippen LogP contribution in [0.15, 0.2) is 6.20 Å². The molecule has 1 atom stereocenters. The molecule has 0 fully saturated rings. The van der Waals surface area contributed by atoms with E-state index in [0.29, 0.717) is 22.6 Å². The molecule has 0 bridgehead atoms. The number of aryl methyl sites for hydroxylation is 1. The molecule has 0 aliphatic heterocycles. The lowest BCUT2D eigenvalue weighted by atomic mass is 10.1. The molecule has 0 aliphatic carbocycles. The number of aromatic nitrogens is 1. The average molecular weight is 199 g/mol. The third-order valence-corrected chi connectivity index (χ3v) is 2.30. The number of aliphatic hydroxyl groups is 1. The average Bonchev–Trinajstić information content (AvgIpc) is 2.09. The Morgan fingerprint density at radius 1 is 1.62 bits per heavy atom. The lowest BCUT2D eigenvalue weighted by molar-refractivity contribution is 0.197. The summed E-state index contributed by atoms with van der Waals surface area (Å²) < 4.78 is 0. The van der Waals surface area contributed by atoms with Gasteiger partial charge in [-0.3, -0.25) is 4.98 Å². The van der Waals surface area contributed by atoms with Crippen molar-refractivity contribution in [2.75, 3.05) is 0 Å². The maximum atomic E-state index is 9.60. The summed E-state index contributed by atoms with van der Waals surface area (Å²) in [7, 11) is 0. The number of aliphatic hydroxyl groups excluding tert-OH is 1. The Bertz CT molecular complexity index is 313. The van der Waals surface area contributed by atoms with Gasteiger partial charge in [0.2, 0.25) is 0 Å². The standard InChI is InChI=1S/C9H13NO2S/c1-5-9(12)8(4-13)7(3-10-5)6(2)11/h3,6,11-13H,4H2,1-2H3. The number of pyridine rings is 1. The van der Waals surface area contributed by atoms with E-state index in [9.17, 15) is 10.2 Å². The summed E-state index contributed by atoms with van der Waals surface area (Å²) in [5, 5.41) is 19.0. The van der Waals surface area contributed by atoms with Gasteiger partial charge in [-0.15, -0.1) is 0 Å². The molecule has 0 spiro atoms. The fourth-order valence-corrected chi connectivity index (χ4v) is 1.52. The van der Waals surface area contributed by atoms with Crippen LogP contribution >= 0.6 is 12.6 Å². The summed E-state index contributed by atoms with van der Waals surface area (Å²) >= 11 is 4.09. The number of aromatic hydroxyl groups is 1. The highest BCUT2D eigenvalue weighted by Crippen LogP contribution is 2.28. The number of thiol groups is 1. The first-order valence-electron chi connectivity index (χ1n) is 4.04. The van der Waals surface area contributed by atoms with Crippen molar-refractivity contribution in [3.05, 3.63) is 23.0 Å². The van der Waals surface area contributed by atoms with Gasteiger partial charge in [-0.2, -0.15) is 12.6 Å². The highest BCUT2D eigenvalue weighted by molar-refractivity contribution is 7.79. The van der Waals surface area contributed by atoms with Crippen LogP contribution in [0.25, 0.3) is 0 Å². The van der Waals surface area contributed by atoms with Crippen molar-refractivity contribution in [2.45, 2.75) is 25.7 Å². The van der Waals surface area contributed by atoms with Crippen molar-refractivity contribution in [1.82, 2.24) is 4.98 Å². The van der Waals surface area contributed by atoms with Crippen molar-refractivity contribution in [2.24, 2.45) is 0 Å². The summed E-state index contributed by atoms with van der Waals surface area (Å²) in [6.07, 6.45) is 0.951. The lowest BCUT2D eigenvalue weighted by Gasteiger charge is -2.12. The van der Waals surface area contributed by atoms with Crippen LogP contribution in [0.2, 0.25) is 0 Å². The summed E-state index contributed by atoms with van der Waals surface area (Å²) in [6.45, 7) is 3.35. The van der Waals surface area contributed by atoms with Crippen LogP contribution in [-0.4, -0.2) is 15.2 Å². The lowest BCUT2D eigenvalue weighted by Crippen LogP contribution is -2.00. The molecular formula is C9H13NO2S. The topological polar surface area (TPSA) is 53.4 Å². The van der Waals surface area contributed by atoms with Crippen LogP contribution in [0.1, 0.15) is 29.8 Å². The Morgan fingerprint density at radius 2 is 2.23 bits per heavy atom. The van der Waals surface area contributed by atoms with Crippen molar-refractivity contribution < 1.29 is 10.2 Å². The zero-order valence-electron chi connectivity index (χ0n) is 7.65. The Morgan fingerprint density at radius 3 is 2.69 bits per heavy atom. The molecule has 1 rings (SSSR count). The number of hydrogen-bond donors (Lipinski definition) is 3. The van der Waals surface area contributed by atoms with Gasteiger partial charge in [-0.05, 0) is 13.8 Å². The molecule has 1 aromatic heterocycles. The highest BCUT2D eigenvalue weighted by Gasteiger charge is 2.13. The van der Waals surface area contributed by atoms with E-state index in [-0.39, 0.29) is 5.75 Å². The van der Waals surface area contributed by atoms with Gasteiger partial charge in [0.1, 0.15) is 5.75 Å². The molecule has 3 nitrogen and oxygen atoms in total. The van der Waals surface area contributed by atoms with Gasteiger partial charge in [-0.25, -0.2) is 0 Å². The second-order valence-electron chi connectivity index (χ2n) is 2.96. The predicted octanol–water partition coefficient (Wildman–Crippen LogP) is 1.58. The maximum absolute atomic E-state index is 9.60. The normalized spacial score (nSPS) is 12.9. The molecule has 1 heterocycles. The van der Waals surface area contributed by atoms with Crippen LogP contribution in [-0.2, 0) is 5.75 Å². The SMILES string of the molecule is Cc1ncc(C(C)O)c(CS)c1O. The van der Waals surface area contributed by atoms with Gasteiger partial charge >= 0.3 is 0 Å². The fraction of sp³-hybridized carbons (Fsp3) is 0.444. The first kappa shape index (κ1) is 10.3. The molecule has 0 amide bonds. The van der Waals surface area contributed by atoms with Crippen LogP contribution in [0, 0.1) is 6.92 Å². The third-order valence-electron chi connectivity index (χ3n) is 1.98. The molecule has 4 heteroatoms. The highest BCUT2D eigenvalue weighted by atomic mass is 32.1. The Balaban J connectivity index is 3.30. The van der Waals surface area contributed by atoms with E-state index in [1.54, 1.807) is 20.0 Å². The molecule has 1 aromatic rings. The summed E-state index contributed by atoms with van der Waals surface area (Å²) in [5.74, 6) is 0.531. The minimum absolute atomic E-state index is 0.133. The zero-order valence-corrected chi connectivity index (χ0v) is 8.55. The van der Waals surface area contributed by atoms with Crippen LogP contribution in [0.5, 0.6) is 5.75 Å². The van der Waals surface area contributed by atoms with E-state index in [1.807, 2.05) is 0 Å². The quantitative estimate of drug-likeness (QED) is 0.634. The van der Waals surface area contributed by atoms with Crippen LogP contribution in [0.3, 0.4) is 0 Å². The van der Waals surface area contributed by atoms with Gasteiger partial charge in [-0.1, -0.05) is 0 Å². The number of rotatable bonds is 2. The summed E-state index contributed by atoms with van der Waals surface area (Å²) in [5.41, 5.74) is 1.86. The number of hydrogen-bond acceptors (Lipinski definition) is 4. The molecule has 13 heavy (non-hydrogen) atoms. The molecule has 2 N–H and O–H groups in total. The minimum Gasteiger partial charge on any atom is -0.506 e. The smallest absolute Gasteiger partial charge is 0.141 e. The largest absolute Gasteiger partial charge is 0.506 e. The molecule has 0 aromatic carbocycles. The Kier molecular flexibility index (Phi) is 3.17. The van der Waals surface area contributed by atoms with E-state index < -0.39 is 6.10 Å². The fourth-order valence-electron chi connectivity index (χ4n) is 1.19. The molecule has 0 saturated heterocycles. The molecular weight excluding hydrogens is 186 g/mol. The van der Waals surface area contributed by atoms with Crippen molar-refractivity contribution in [3.63, 3.8) is 0 Å². The molecule has 72 valence electrons. The van der Waals surface area contributed by atoms with Gasteiger partial charge in [0, 0.05) is 23.1 Å². The van der Waals surface area contributed by atoms with Gasteiger partial charge in [0.15, 0.2) is 0 Å². The molecule has 1 unspecified atom stereocenters. The zero-order chi connectivity index (χ0) is 10.0. The molecule has 0 saturated carbocycles. The van der Waals surface area contributed by atoms with Gasteiger partial charge in [0.05, 0.1) is 11.8 Å². The van der Waals surface area contributed by atoms with Crippen LogP contribution < -0.4 is 0 Å². The van der Waals surface area contributed by atoms with E-state index in [4.69, 9.17) is 0 Å². The maximum Gasteiger partial charge on any atom is 0.141 e. The number of nitrogens with zero attached hydrogens (tertiary/aromatic N) is 1. The van der Waals surface area contributed by atoms with E-state index in [1.165, 1.54) is 0 Å². The first-order chi connectivity index (χ1) is 6.07. The second kappa shape index (κ2) is 3.98. The van der Waals surface area contributed by atoms with Crippen molar-refractivity contribution in [1.29, 1.82) is 0 Å². The van der Waals surface area contributed by atoms with Crippen molar-refractivity contribution in [3.8, 4) is 5.75 Å². The van der Waals surface area contributed by atoms with Crippen molar-refractivity contribution >= 4 is 12.6 Å². The van der Waals surface area contributed by atoms with E-state index >= 15 is 0 Å².